The summed E-state index contributed by atoms with van der Waals surface area (Å²) in [5.74, 6) is 0.689. The fourth-order valence-electron chi connectivity index (χ4n) is 2.60. The van der Waals surface area contributed by atoms with Gasteiger partial charge in [-0.25, -0.2) is 14.4 Å². The quantitative estimate of drug-likeness (QED) is 0.605. The zero-order valence-corrected chi connectivity index (χ0v) is 12.6. The number of nitrogen functional groups attached to an aromatic ring is 1. The van der Waals surface area contributed by atoms with Crippen LogP contribution in [0.4, 0.5) is 10.2 Å². The average molecular weight is 316 g/mol. The van der Waals surface area contributed by atoms with Gasteiger partial charge in [-0.2, -0.15) is 0 Å². The van der Waals surface area contributed by atoms with Crippen molar-refractivity contribution in [3.8, 4) is 22.5 Å². The van der Waals surface area contributed by atoms with Crippen LogP contribution in [0.3, 0.4) is 0 Å². The van der Waals surface area contributed by atoms with Crippen molar-refractivity contribution >= 4 is 16.7 Å². The number of fused-ring (bicyclic) bond motifs is 1. The first kappa shape index (κ1) is 14.3. The van der Waals surface area contributed by atoms with E-state index in [4.69, 9.17) is 5.73 Å². The second-order valence-electron chi connectivity index (χ2n) is 5.41. The molecule has 0 saturated carbocycles. The third kappa shape index (κ3) is 2.56. The van der Waals surface area contributed by atoms with Gasteiger partial charge in [-0.3, -0.25) is 4.98 Å². The minimum atomic E-state index is -0.261. The Morgan fingerprint density at radius 3 is 2.38 bits per heavy atom. The summed E-state index contributed by atoms with van der Waals surface area (Å²) in [6, 6.07) is 15.8. The Bertz CT molecular complexity index is 1010. The van der Waals surface area contributed by atoms with Gasteiger partial charge in [0.05, 0.1) is 5.52 Å². The van der Waals surface area contributed by atoms with Crippen molar-refractivity contribution in [1.29, 1.82) is 0 Å². The summed E-state index contributed by atoms with van der Waals surface area (Å²) in [5, 5.41) is 0.768. The zero-order chi connectivity index (χ0) is 16.5. The average Bonchev–Trinajstić information content (AvgIpc) is 2.63. The molecular weight excluding hydrogens is 303 g/mol. The zero-order valence-electron chi connectivity index (χ0n) is 12.6. The maximum absolute atomic E-state index is 13.1. The number of anilines is 1. The Labute approximate surface area is 137 Å². The summed E-state index contributed by atoms with van der Waals surface area (Å²) in [4.78, 5) is 13.0. The number of nitrogens with two attached hydrogens (primary N) is 1. The van der Waals surface area contributed by atoms with Crippen LogP contribution in [0.25, 0.3) is 33.4 Å². The van der Waals surface area contributed by atoms with Gasteiger partial charge < -0.3 is 5.73 Å². The Morgan fingerprint density at radius 1 is 0.833 bits per heavy atom. The molecule has 4 aromatic rings. The molecule has 0 aliphatic heterocycles. The molecule has 2 aromatic heterocycles. The van der Waals surface area contributed by atoms with Crippen LogP contribution in [0.15, 0.2) is 67.0 Å². The number of hydrogen-bond acceptors (Lipinski definition) is 4. The molecule has 0 aliphatic rings. The summed E-state index contributed by atoms with van der Waals surface area (Å²) in [5.41, 5.74) is 9.55. The topological polar surface area (TPSA) is 64.7 Å². The minimum Gasteiger partial charge on any atom is -0.383 e. The van der Waals surface area contributed by atoms with E-state index in [0.717, 1.165) is 27.6 Å². The predicted molar refractivity (Wildman–Crippen MR) is 92.6 cm³/mol. The standard InChI is InChI=1S/C19H13FN4/c20-15-6-3-12(4-7-15)13-5-8-17-16(10-13)18(21)24-19(23-17)14-2-1-9-22-11-14/h1-11H,(H2,21,23,24). The lowest BCUT2D eigenvalue weighted by atomic mass is 10.0. The molecule has 116 valence electrons. The molecule has 2 aromatic carbocycles. The molecule has 5 heteroatoms. The molecule has 24 heavy (non-hydrogen) atoms. The van der Waals surface area contributed by atoms with Gasteiger partial charge in [0.1, 0.15) is 11.6 Å². The maximum atomic E-state index is 13.1. The predicted octanol–water partition coefficient (Wildman–Crippen LogP) is 4.08. The van der Waals surface area contributed by atoms with Crippen LogP contribution >= 0.6 is 0 Å². The van der Waals surface area contributed by atoms with Crippen molar-refractivity contribution in [3.05, 3.63) is 72.8 Å². The Kier molecular flexibility index (Phi) is 3.39. The van der Waals surface area contributed by atoms with Crippen molar-refractivity contribution in [3.63, 3.8) is 0 Å². The van der Waals surface area contributed by atoms with E-state index in [0.29, 0.717) is 11.6 Å². The van der Waals surface area contributed by atoms with Gasteiger partial charge in [0, 0.05) is 23.3 Å². The Balaban J connectivity index is 1.84. The molecule has 0 bridgehead atoms. The maximum Gasteiger partial charge on any atom is 0.163 e. The van der Waals surface area contributed by atoms with Crippen LogP contribution in [-0.2, 0) is 0 Å². The summed E-state index contributed by atoms with van der Waals surface area (Å²) in [6.07, 6.45) is 3.40. The molecule has 4 nitrogen and oxygen atoms in total. The molecule has 0 atom stereocenters. The Morgan fingerprint density at radius 2 is 1.62 bits per heavy atom. The number of aromatic nitrogens is 3. The van der Waals surface area contributed by atoms with Crippen molar-refractivity contribution in [1.82, 2.24) is 15.0 Å². The van der Waals surface area contributed by atoms with E-state index in [2.05, 4.69) is 15.0 Å². The SMILES string of the molecule is Nc1nc(-c2cccnc2)nc2ccc(-c3ccc(F)cc3)cc12. The van der Waals surface area contributed by atoms with Gasteiger partial charge in [-0.1, -0.05) is 18.2 Å². The molecule has 2 heterocycles. The summed E-state index contributed by atoms with van der Waals surface area (Å²) >= 11 is 0. The largest absolute Gasteiger partial charge is 0.383 e. The van der Waals surface area contributed by atoms with E-state index >= 15 is 0 Å². The van der Waals surface area contributed by atoms with Gasteiger partial charge in [0.25, 0.3) is 0 Å². The number of benzene rings is 2. The first-order valence-electron chi connectivity index (χ1n) is 7.44. The second-order valence-corrected chi connectivity index (χ2v) is 5.41. The third-order valence-corrected chi connectivity index (χ3v) is 3.82. The fourth-order valence-corrected chi connectivity index (χ4v) is 2.60. The van der Waals surface area contributed by atoms with Gasteiger partial charge in [-0.15, -0.1) is 0 Å². The lowest BCUT2D eigenvalue weighted by Gasteiger charge is -2.08. The monoisotopic (exact) mass is 316 g/mol. The summed E-state index contributed by atoms with van der Waals surface area (Å²) < 4.78 is 13.1. The first-order chi connectivity index (χ1) is 11.7. The van der Waals surface area contributed by atoms with Crippen LogP contribution in [-0.4, -0.2) is 15.0 Å². The smallest absolute Gasteiger partial charge is 0.163 e. The molecule has 0 spiro atoms. The summed E-state index contributed by atoms with van der Waals surface area (Å²) in [7, 11) is 0. The minimum absolute atomic E-state index is 0.261. The summed E-state index contributed by atoms with van der Waals surface area (Å²) in [6.45, 7) is 0. The van der Waals surface area contributed by atoms with Crippen molar-refractivity contribution in [2.75, 3.05) is 5.73 Å². The number of hydrogen-bond donors (Lipinski definition) is 1. The molecular formula is C19H13FN4. The van der Waals surface area contributed by atoms with Gasteiger partial charge in [0.2, 0.25) is 0 Å². The highest BCUT2D eigenvalue weighted by Crippen LogP contribution is 2.28. The highest BCUT2D eigenvalue weighted by Gasteiger charge is 2.09. The lowest BCUT2D eigenvalue weighted by molar-refractivity contribution is 0.628. The fraction of sp³-hybridized carbons (Fsp3) is 0. The number of halogens is 1. The van der Waals surface area contributed by atoms with E-state index in [1.807, 2.05) is 30.3 Å². The van der Waals surface area contributed by atoms with Crippen LogP contribution in [0, 0.1) is 5.82 Å². The van der Waals surface area contributed by atoms with Gasteiger partial charge >= 0.3 is 0 Å². The number of rotatable bonds is 2. The van der Waals surface area contributed by atoms with Gasteiger partial charge in [-0.05, 0) is 47.5 Å². The van der Waals surface area contributed by atoms with E-state index in [1.165, 1.54) is 12.1 Å². The molecule has 0 radical (unpaired) electrons. The third-order valence-electron chi connectivity index (χ3n) is 3.82. The highest BCUT2D eigenvalue weighted by atomic mass is 19.1. The van der Waals surface area contributed by atoms with Gasteiger partial charge in [0.15, 0.2) is 5.82 Å². The van der Waals surface area contributed by atoms with Crippen molar-refractivity contribution in [2.24, 2.45) is 0 Å². The number of pyridine rings is 1. The lowest BCUT2D eigenvalue weighted by Crippen LogP contribution is -1.98. The molecule has 0 amide bonds. The van der Waals surface area contributed by atoms with Crippen LogP contribution < -0.4 is 5.73 Å². The molecule has 0 saturated heterocycles. The number of nitrogens with zero attached hydrogens (tertiary/aromatic N) is 3. The second kappa shape index (κ2) is 5.70. The molecule has 2 N–H and O–H groups in total. The Hall–Kier alpha value is -3.34. The van der Waals surface area contributed by atoms with Crippen molar-refractivity contribution < 1.29 is 4.39 Å². The van der Waals surface area contributed by atoms with Crippen LogP contribution in [0.5, 0.6) is 0 Å². The highest BCUT2D eigenvalue weighted by molar-refractivity contribution is 5.93. The molecule has 0 unspecified atom stereocenters. The normalized spacial score (nSPS) is 10.9. The van der Waals surface area contributed by atoms with E-state index < -0.39 is 0 Å². The first-order valence-corrected chi connectivity index (χ1v) is 7.44. The van der Waals surface area contributed by atoms with E-state index in [9.17, 15) is 4.39 Å². The molecule has 4 rings (SSSR count). The van der Waals surface area contributed by atoms with E-state index in [1.54, 1.807) is 24.5 Å². The molecule has 0 aliphatic carbocycles. The van der Waals surface area contributed by atoms with Crippen LogP contribution in [0.2, 0.25) is 0 Å². The van der Waals surface area contributed by atoms with Crippen LogP contribution in [0.1, 0.15) is 0 Å². The molecule has 0 fully saturated rings. The van der Waals surface area contributed by atoms with E-state index in [-0.39, 0.29) is 5.82 Å². The van der Waals surface area contributed by atoms with Crippen molar-refractivity contribution in [2.45, 2.75) is 0 Å².